The van der Waals surface area contributed by atoms with Gasteiger partial charge in [0, 0.05) is 17.3 Å². The lowest BCUT2D eigenvalue weighted by molar-refractivity contribution is 0.748. The third-order valence-electron chi connectivity index (χ3n) is 2.61. The minimum Gasteiger partial charge on any atom is -0.360 e. The molecule has 2 nitrogen and oxygen atoms in total. The Balaban J connectivity index is 2.30. The summed E-state index contributed by atoms with van der Waals surface area (Å²) < 4.78 is 1.34. The number of aromatic nitrogens is 1. The van der Waals surface area contributed by atoms with Crippen LogP contribution in [-0.2, 0) is 5.54 Å². The van der Waals surface area contributed by atoms with E-state index in [-0.39, 0.29) is 5.54 Å². The zero-order chi connectivity index (χ0) is 8.18. The molecule has 1 fully saturated rings. The van der Waals surface area contributed by atoms with Crippen LogP contribution in [-0.4, -0.2) is 4.98 Å². The maximum Gasteiger partial charge on any atom is 0.0570 e. The van der Waals surface area contributed by atoms with E-state index in [1.807, 2.05) is 0 Å². The third-order valence-corrected chi connectivity index (χ3v) is 3.55. The first-order chi connectivity index (χ1) is 5.80. The number of thiophene rings is 1. The van der Waals surface area contributed by atoms with Gasteiger partial charge in [-0.25, -0.2) is 0 Å². The van der Waals surface area contributed by atoms with Crippen molar-refractivity contribution < 1.29 is 0 Å². The van der Waals surface area contributed by atoms with Crippen molar-refractivity contribution >= 4 is 21.6 Å². The minimum atomic E-state index is 0.00308. The maximum absolute atomic E-state index is 6.12. The van der Waals surface area contributed by atoms with Crippen molar-refractivity contribution in [2.24, 2.45) is 5.73 Å². The summed E-state index contributed by atoms with van der Waals surface area (Å²) >= 11 is 1.78. The Morgan fingerprint density at radius 1 is 1.50 bits per heavy atom. The van der Waals surface area contributed by atoms with Gasteiger partial charge in [0.25, 0.3) is 0 Å². The summed E-state index contributed by atoms with van der Waals surface area (Å²) in [5.41, 5.74) is 8.67. The Morgan fingerprint density at radius 2 is 2.33 bits per heavy atom. The van der Waals surface area contributed by atoms with Gasteiger partial charge in [-0.15, -0.1) is 11.3 Å². The minimum absolute atomic E-state index is 0.00308. The average molecular weight is 178 g/mol. The van der Waals surface area contributed by atoms with Gasteiger partial charge in [-0.05, 0) is 24.3 Å². The van der Waals surface area contributed by atoms with Crippen LogP contribution in [0.25, 0.3) is 10.2 Å². The Hall–Kier alpha value is -0.800. The van der Waals surface area contributed by atoms with Gasteiger partial charge in [-0.3, -0.25) is 0 Å². The average Bonchev–Trinajstić information content (AvgIpc) is 2.48. The second-order valence-electron chi connectivity index (χ2n) is 3.52. The van der Waals surface area contributed by atoms with E-state index < -0.39 is 0 Å². The smallest absolute Gasteiger partial charge is 0.0570 e. The standard InChI is InChI=1S/C9H10N2S/c10-9(2-3-9)6-5-11-7-1-4-12-8(6)7/h1,4-5,11H,2-3,10H2. The predicted octanol–water partition coefficient (Wildman–Crippen LogP) is 2.18. The molecule has 0 aliphatic heterocycles. The highest BCUT2D eigenvalue weighted by Crippen LogP contribution is 2.46. The molecule has 2 heterocycles. The summed E-state index contributed by atoms with van der Waals surface area (Å²) in [5, 5.41) is 2.11. The van der Waals surface area contributed by atoms with Gasteiger partial charge in [0.05, 0.1) is 10.2 Å². The molecule has 2 aromatic heterocycles. The fourth-order valence-corrected chi connectivity index (χ4v) is 2.60. The molecule has 0 saturated heterocycles. The normalized spacial score (nSPS) is 20.1. The molecule has 2 aromatic rings. The number of nitrogens with two attached hydrogens (primary N) is 1. The topological polar surface area (TPSA) is 41.8 Å². The van der Waals surface area contributed by atoms with Crippen LogP contribution in [0.3, 0.4) is 0 Å². The molecule has 1 aliphatic rings. The van der Waals surface area contributed by atoms with Crippen LogP contribution >= 0.6 is 11.3 Å². The molecule has 0 amide bonds. The van der Waals surface area contributed by atoms with Crippen LogP contribution in [0.15, 0.2) is 17.6 Å². The maximum atomic E-state index is 6.12. The van der Waals surface area contributed by atoms with Crippen molar-refractivity contribution in [2.75, 3.05) is 0 Å². The molecule has 1 saturated carbocycles. The lowest BCUT2D eigenvalue weighted by atomic mass is 10.1. The van der Waals surface area contributed by atoms with Crippen molar-refractivity contribution in [3.05, 3.63) is 23.2 Å². The summed E-state index contributed by atoms with van der Waals surface area (Å²) in [5.74, 6) is 0. The highest BCUT2D eigenvalue weighted by Gasteiger charge is 2.41. The summed E-state index contributed by atoms with van der Waals surface area (Å²) in [6.07, 6.45) is 4.34. The zero-order valence-corrected chi connectivity index (χ0v) is 7.45. The van der Waals surface area contributed by atoms with E-state index >= 15 is 0 Å². The predicted molar refractivity (Wildman–Crippen MR) is 51.3 cm³/mol. The number of aromatic amines is 1. The first-order valence-electron chi connectivity index (χ1n) is 4.13. The molecule has 0 bridgehead atoms. The number of H-pyrrole nitrogens is 1. The molecule has 3 heteroatoms. The SMILES string of the molecule is NC1(c2c[nH]c3ccsc23)CC1. The van der Waals surface area contributed by atoms with Crippen molar-refractivity contribution in [3.63, 3.8) is 0 Å². The van der Waals surface area contributed by atoms with E-state index in [0.717, 1.165) is 12.8 Å². The molecule has 0 unspecified atom stereocenters. The van der Waals surface area contributed by atoms with Gasteiger partial charge in [0.2, 0.25) is 0 Å². The van der Waals surface area contributed by atoms with Gasteiger partial charge >= 0.3 is 0 Å². The van der Waals surface area contributed by atoms with Gasteiger partial charge in [-0.1, -0.05) is 0 Å². The Morgan fingerprint density at radius 3 is 3.08 bits per heavy atom. The van der Waals surface area contributed by atoms with Crippen molar-refractivity contribution in [3.8, 4) is 0 Å². The van der Waals surface area contributed by atoms with Gasteiger partial charge in [-0.2, -0.15) is 0 Å². The molecule has 3 N–H and O–H groups in total. The van der Waals surface area contributed by atoms with Crippen LogP contribution in [0.1, 0.15) is 18.4 Å². The molecular formula is C9H10N2S. The second-order valence-corrected chi connectivity index (χ2v) is 4.44. The Kier molecular flexibility index (Phi) is 1.07. The van der Waals surface area contributed by atoms with E-state index in [9.17, 15) is 0 Å². The summed E-state index contributed by atoms with van der Waals surface area (Å²) in [6.45, 7) is 0. The molecule has 0 radical (unpaired) electrons. The number of rotatable bonds is 1. The first-order valence-corrected chi connectivity index (χ1v) is 5.01. The Labute approximate surface area is 74.4 Å². The molecule has 0 spiro atoms. The molecule has 12 heavy (non-hydrogen) atoms. The fourth-order valence-electron chi connectivity index (χ4n) is 1.62. The van der Waals surface area contributed by atoms with E-state index in [2.05, 4.69) is 22.6 Å². The molecule has 1 aliphatic carbocycles. The fraction of sp³-hybridized carbons (Fsp3) is 0.333. The van der Waals surface area contributed by atoms with Crippen LogP contribution in [0.5, 0.6) is 0 Å². The monoisotopic (exact) mass is 178 g/mol. The third kappa shape index (κ3) is 0.726. The molecular weight excluding hydrogens is 168 g/mol. The molecule has 3 rings (SSSR count). The number of fused-ring (bicyclic) bond motifs is 1. The van der Waals surface area contributed by atoms with Gasteiger partial charge < -0.3 is 10.7 Å². The van der Waals surface area contributed by atoms with E-state index in [1.54, 1.807) is 11.3 Å². The molecule has 0 aromatic carbocycles. The van der Waals surface area contributed by atoms with Gasteiger partial charge in [0.1, 0.15) is 0 Å². The lowest BCUT2D eigenvalue weighted by Gasteiger charge is -2.03. The zero-order valence-electron chi connectivity index (χ0n) is 6.63. The van der Waals surface area contributed by atoms with Crippen LogP contribution < -0.4 is 5.73 Å². The van der Waals surface area contributed by atoms with Crippen LogP contribution in [0.4, 0.5) is 0 Å². The van der Waals surface area contributed by atoms with Crippen molar-refractivity contribution in [1.29, 1.82) is 0 Å². The van der Waals surface area contributed by atoms with Crippen LogP contribution in [0.2, 0.25) is 0 Å². The van der Waals surface area contributed by atoms with Crippen molar-refractivity contribution in [2.45, 2.75) is 18.4 Å². The second kappa shape index (κ2) is 1.92. The summed E-state index contributed by atoms with van der Waals surface area (Å²) in [6, 6.07) is 2.11. The lowest BCUT2D eigenvalue weighted by Crippen LogP contribution is -2.17. The molecule has 0 atom stereocenters. The molecule has 62 valence electrons. The highest BCUT2D eigenvalue weighted by molar-refractivity contribution is 7.17. The Bertz CT molecular complexity index is 422. The first kappa shape index (κ1) is 6.69. The largest absolute Gasteiger partial charge is 0.360 e. The van der Waals surface area contributed by atoms with E-state index in [4.69, 9.17) is 5.73 Å². The van der Waals surface area contributed by atoms with Crippen molar-refractivity contribution in [1.82, 2.24) is 4.98 Å². The van der Waals surface area contributed by atoms with Gasteiger partial charge in [0.15, 0.2) is 0 Å². The summed E-state index contributed by atoms with van der Waals surface area (Å²) in [4.78, 5) is 3.25. The quantitative estimate of drug-likeness (QED) is 0.690. The summed E-state index contributed by atoms with van der Waals surface area (Å²) in [7, 11) is 0. The number of hydrogen-bond acceptors (Lipinski definition) is 2. The highest BCUT2D eigenvalue weighted by atomic mass is 32.1. The number of hydrogen-bond donors (Lipinski definition) is 2. The van der Waals surface area contributed by atoms with E-state index in [0.29, 0.717) is 0 Å². The van der Waals surface area contributed by atoms with E-state index in [1.165, 1.54) is 15.8 Å². The number of nitrogens with one attached hydrogen (secondary N) is 1. The van der Waals surface area contributed by atoms with Crippen LogP contribution in [0, 0.1) is 0 Å².